The van der Waals surface area contributed by atoms with E-state index < -0.39 is 11.4 Å². The minimum Gasteiger partial charge on any atom is -0.508 e. The van der Waals surface area contributed by atoms with E-state index in [9.17, 15) is 9.90 Å². The molecule has 3 N–H and O–H groups in total. The van der Waals surface area contributed by atoms with Crippen molar-refractivity contribution >= 4 is 10.9 Å². The molecule has 2 aromatic heterocycles. The summed E-state index contributed by atoms with van der Waals surface area (Å²) in [5, 5.41) is 13.9. The second-order valence-electron chi connectivity index (χ2n) is 12.6. The number of fused-ring (bicyclic) bond motifs is 2. The van der Waals surface area contributed by atoms with Crippen molar-refractivity contribution in [1.82, 2.24) is 25.2 Å². The summed E-state index contributed by atoms with van der Waals surface area (Å²) in [5.74, 6) is -0.644. The quantitative estimate of drug-likeness (QED) is 0.266. The molecule has 6 rings (SSSR count). The summed E-state index contributed by atoms with van der Waals surface area (Å²) in [6, 6.07) is 3.28. The minimum atomic E-state index is -0.688. The minimum absolute atomic E-state index is 0.0239. The molecule has 0 aliphatic carbocycles. The predicted molar refractivity (Wildman–Crippen MR) is 164 cm³/mol. The largest absolute Gasteiger partial charge is 0.508 e. The fraction of sp³-hybridized carbons (Fsp3) is 0.606. The molecule has 3 saturated heterocycles. The van der Waals surface area contributed by atoms with Gasteiger partial charge < -0.3 is 19.9 Å². The van der Waals surface area contributed by atoms with Gasteiger partial charge in [-0.25, -0.2) is 4.39 Å². The van der Waals surface area contributed by atoms with Crippen LogP contribution in [0.15, 0.2) is 23.1 Å². The van der Waals surface area contributed by atoms with Crippen LogP contribution in [-0.2, 0) is 11.2 Å². The number of aromatic amines is 1. The van der Waals surface area contributed by atoms with Gasteiger partial charge in [-0.05, 0) is 114 Å². The molecule has 1 unspecified atom stereocenters. The molecule has 5 heterocycles. The van der Waals surface area contributed by atoms with Gasteiger partial charge in [0.05, 0.1) is 17.0 Å². The van der Waals surface area contributed by atoms with Crippen LogP contribution in [0.4, 0.5) is 4.39 Å². The Morgan fingerprint density at radius 3 is 2.81 bits per heavy atom. The summed E-state index contributed by atoms with van der Waals surface area (Å²) < 4.78 is 28.3. The summed E-state index contributed by atoms with van der Waals surface area (Å²) in [6.07, 6.45) is 13.1. The van der Waals surface area contributed by atoms with Gasteiger partial charge in [0.25, 0.3) is 11.6 Å². The van der Waals surface area contributed by atoms with Crippen molar-refractivity contribution in [3.63, 3.8) is 0 Å². The number of nitrogens with one attached hydrogen (secondary N) is 2. The van der Waals surface area contributed by atoms with Gasteiger partial charge in [-0.2, -0.15) is 4.98 Å². The SMILES string of the molecule is Cc1cc(O)cc(-c2ncc3c(=O)[nH]c(OCC45CCCN4CCC5)nc3c2F)c1CCCCCOC1CCCCNC1. The van der Waals surface area contributed by atoms with Crippen LogP contribution >= 0.6 is 0 Å². The van der Waals surface area contributed by atoms with E-state index in [2.05, 4.69) is 25.2 Å². The van der Waals surface area contributed by atoms with Crippen molar-refractivity contribution in [2.24, 2.45) is 0 Å². The van der Waals surface area contributed by atoms with Crippen LogP contribution < -0.4 is 15.6 Å². The van der Waals surface area contributed by atoms with E-state index in [1.165, 1.54) is 19.0 Å². The van der Waals surface area contributed by atoms with Crippen LogP contribution in [0.25, 0.3) is 22.2 Å². The van der Waals surface area contributed by atoms with Crippen LogP contribution in [-0.4, -0.2) is 76.0 Å². The first kappa shape index (κ1) is 30.0. The van der Waals surface area contributed by atoms with Crippen molar-refractivity contribution < 1.29 is 19.0 Å². The van der Waals surface area contributed by atoms with Crippen molar-refractivity contribution in [3.05, 3.63) is 45.6 Å². The Morgan fingerprint density at radius 1 is 1.14 bits per heavy atom. The van der Waals surface area contributed by atoms with Crippen LogP contribution in [0.1, 0.15) is 75.3 Å². The van der Waals surface area contributed by atoms with Crippen LogP contribution in [0.2, 0.25) is 0 Å². The van der Waals surface area contributed by atoms with E-state index in [1.807, 2.05) is 6.92 Å². The number of H-pyrrole nitrogens is 1. The number of benzene rings is 1. The lowest BCUT2D eigenvalue weighted by Gasteiger charge is -2.31. The number of halogens is 1. The lowest BCUT2D eigenvalue weighted by atomic mass is 9.93. The Kier molecular flexibility index (Phi) is 9.25. The average Bonchev–Trinajstić information content (AvgIpc) is 3.46. The van der Waals surface area contributed by atoms with Gasteiger partial charge in [-0.3, -0.25) is 19.7 Å². The van der Waals surface area contributed by atoms with E-state index >= 15 is 4.39 Å². The number of pyridine rings is 1. The lowest BCUT2D eigenvalue weighted by molar-refractivity contribution is 0.0483. The first-order valence-corrected chi connectivity index (χ1v) is 16.1. The summed E-state index contributed by atoms with van der Waals surface area (Å²) in [4.78, 5) is 26.8. The number of ether oxygens (including phenoxy) is 2. The predicted octanol–water partition coefficient (Wildman–Crippen LogP) is 5.02. The average molecular weight is 594 g/mol. The maximum Gasteiger partial charge on any atom is 0.297 e. The zero-order valence-electron chi connectivity index (χ0n) is 25.2. The van der Waals surface area contributed by atoms with E-state index in [4.69, 9.17) is 9.47 Å². The number of phenols is 1. The molecule has 3 aliphatic heterocycles. The maximum absolute atomic E-state index is 16.2. The maximum atomic E-state index is 16.2. The Labute approximate surface area is 252 Å². The van der Waals surface area contributed by atoms with E-state index in [0.717, 1.165) is 95.3 Å². The van der Waals surface area contributed by atoms with Crippen LogP contribution in [0.5, 0.6) is 11.8 Å². The number of aromatic hydroxyl groups is 1. The number of hydrogen-bond acceptors (Lipinski definition) is 8. The highest BCUT2D eigenvalue weighted by Gasteiger charge is 2.45. The van der Waals surface area contributed by atoms with Gasteiger partial charge in [0.2, 0.25) is 0 Å². The third kappa shape index (κ3) is 6.56. The first-order chi connectivity index (χ1) is 20.9. The second-order valence-corrected chi connectivity index (χ2v) is 12.6. The fourth-order valence-electron chi connectivity index (χ4n) is 7.27. The Balaban J connectivity index is 1.17. The zero-order valence-corrected chi connectivity index (χ0v) is 25.2. The van der Waals surface area contributed by atoms with Crippen molar-refractivity contribution in [1.29, 1.82) is 0 Å². The third-order valence-corrected chi connectivity index (χ3v) is 9.60. The van der Waals surface area contributed by atoms with E-state index in [1.54, 1.807) is 12.1 Å². The second kappa shape index (κ2) is 13.3. The number of nitrogens with zero attached hydrogens (tertiary/aromatic N) is 3. The van der Waals surface area contributed by atoms with Crippen molar-refractivity contribution in [2.45, 2.75) is 89.2 Å². The summed E-state index contributed by atoms with van der Waals surface area (Å²) >= 11 is 0. The molecule has 3 aromatic rings. The number of aromatic nitrogens is 3. The zero-order chi connectivity index (χ0) is 29.8. The van der Waals surface area contributed by atoms with Gasteiger partial charge >= 0.3 is 0 Å². The molecule has 0 saturated carbocycles. The molecular formula is C33H44FN5O4. The van der Waals surface area contributed by atoms with Crippen LogP contribution in [0.3, 0.4) is 0 Å². The highest BCUT2D eigenvalue weighted by Crippen LogP contribution is 2.39. The number of hydrogen-bond donors (Lipinski definition) is 3. The normalized spacial score (nSPS) is 20.4. The van der Waals surface area contributed by atoms with Crippen LogP contribution in [0, 0.1) is 12.7 Å². The Bertz CT molecular complexity index is 1480. The standard InChI is InChI=1S/C33H44FN5O4/c1-22-17-23(40)18-26(25(22)10-3-2-6-16-42-24-9-4-5-13-35-19-24)29-28(34)30-27(20-36-29)31(41)38-32(37-30)43-21-33-11-7-14-39(33)15-8-12-33/h17-18,20,24,35,40H,2-16,19,21H2,1H3,(H,37,38,41). The molecule has 43 heavy (non-hydrogen) atoms. The number of aryl methyl sites for hydroxylation is 1. The van der Waals surface area contributed by atoms with Gasteiger partial charge in [-0.1, -0.05) is 6.42 Å². The smallest absolute Gasteiger partial charge is 0.297 e. The van der Waals surface area contributed by atoms with Gasteiger partial charge in [0, 0.05) is 24.9 Å². The molecule has 1 atom stereocenters. The van der Waals surface area contributed by atoms with E-state index in [0.29, 0.717) is 24.7 Å². The number of phenolic OH excluding ortho intramolecular Hbond substituents is 1. The highest BCUT2D eigenvalue weighted by atomic mass is 19.1. The molecule has 1 aromatic carbocycles. The summed E-state index contributed by atoms with van der Waals surface area (Å²) in [5.41, 5.74) is 1.81. The summed E-state index contributed by atoms with van der Waals surface area (Å²) in [6.45, 7) is 7.19. The monoisotopic (exact) mass is 593 g/mol. The molecule has 0 amide bonds. The molecule has 3 aliphatic rings. The number of rotatable bonds is 11. The van der Waals surface area contributed by atoms with E-state index in [-0.39, 0.29) is 33.9 Å². The van der Waals surface area contributed by atoms with Gasteiger partial charge in [0.1, 0.15) is 23.6 Å². The Hall–Kier alpha value is -3.08. The lowest BCUT2D eigenvalue weighted by Crippen LogP contribution is -2.43. The van der Waals surface area contributed by atoms with Gasteiger partial charge in [0.15, 0.2) is 5.82 Å². The Morgan fingerprint density at radius 2 is 1.98 bits per heavy atom. The molecule has 0 radical (unpaired) electrons. The molecule has 3 fully saturated rings. The summed E-state index contributed by atoms with van der Waals surface area (Å²) in [7, 11) is 0. The van der Waals surface area contributed by atoms with Crippen molar-refractivity contribution in [3.8, 4) is 23.0 Å². The van der Waals surface area contributed by atoms with Crippen molar-refractivity contribution in [2.75, 3.05) is 39.4 Å². The molecular weight excluding hydrogens is 549 g/mol. The fourth-order valence-corrected chi connectivity index (χ4v) is 7.27. The topological polar surface area (TPSA) is 113 Å². The molecule has 232 valence electrons. The third-order valence-electron chi connectivity index (χ3n) is 9.60. The first-order valence-electron chi connectivity index (χ1n) is 16.1. The van der Waals surface area contributed by atoms with Gasteiger partial charge in [-0.15, -0.1) is 0 Å². The molecule has 10 heteroatoms. The molecule has 9 nitrogen and oxygen atoms in total. The number of unbranched alkanes of at least 4 members (excludes halogenated alkanes) is 2. The highest BCUT2D eigenvalue weighted by molar-refractivity contribution is 5.83. The molecule has 0 bridgehead atoms. The molecule has 0 spiro atoms.